The zero-order chi connectivity index (χ0) is 14.4. The average molecular weight is 282 g/mol. The first-order valence-electron chi connectivity index (χ1n) is 6.94. The summed E-state index contributed by atoms with van der Waals surface area (Å²) >= 11 is 0. The first-order chi connectivity index (χ1) is 9.70. The third kappa shape index (κ3) is 4.11. The number of aliphatic hydroxyl groups excluding tert-OH is 1. The second-order valence-corrected chi connectivity index (χ2v) is 4.70. The fraction of sp³-hybridized carbons (Fsp3) is 0.692. The van der Waals surface area contributed by atoms with Crippen molar-refractivity contribution < 1.29 is 14.9 Å². The molecule has 2 heterocycles. The summed E-state index contributed by atoms with van der Waals surface area (Å²) in [6, 6.07) is 1.63. The lowest BCUT2D eigenvalue weighted by atomic mass is 10.3. The van der Waals surface area contributed by atoms with Crippen molar-refractivity contribution in [2.24, 2.45) is 0 Å². The summed E-state index contributed by atoms with van der Waals surface area (Å²) in [4.78, 5) is 12.5. The van der Waals surface area contributed by atoms with E-state index in [1.54, 1.807) is 6.07 Å². The van der Waals surface area contributed by atoms with E-state index in [-0.39, 0.29) is 5.69 Å². The molecular weight excluding hydrogens is 260 g/mol. The second kappa shape index (κ2) is 7.49. The van der Waals surface area contributed by atoms with Crippen LogP contribution in [-0.2, 0) is 4.74 Å². The normalized spacial score (nSPS) is 16.9. The van der Waals surface area contributed by atoms with Crippen molar-refractivity contribution in [3.05, 3.63) is 18.1 Å². The lowest BCUT2D eigenvalue weighted by Crippen LogP contribution is -2.47. The Morgan fingerprint density at radius 2 is 2.00 bits per heavy atom. The molecule has 0 radical (unpaired) electrons. The summed E-state index contributed by atoms with van der Waals surface area (Å²) < 4.78 is 5.36. The molecule has 1 aromatic rings. The van der Waals surface area contributed by atoms with E-state index in [0.29, 0.717) is 0 Å². The van der Waals surface area contributed by atoms with Crippen molar-refractivity contribution in [2.75, 3.05) is 50.8 Å². The Morgan fingerprint density at radius 3 is 2.65 bits per heavy atom. The van der Waals surface area contributed by atoms with Gasteiger partial charge in [0.2, 0.25) is 0 Å². The molecule has 0 amide bonds. The summed E-state index contributed by atoms with van der Waals surface area (Å²) in [5, 5.41) is 18.3. The molecule has 0 atom stereocenters. The topological polar surface area (TPSA) is 82.0 Å². The van der Waals surface area contributed by atoms with Crippen molar-refractivity contribution in [2.45, 2.75) is 13.2 Å². The summed E-state index contributed by atoms with van der Waals surface area (Å²) in [5.74, 6) is 0.743. The molecule has 2 N–H and O–H groups in total. The fourth-order valence-electron chi connectivity index (χ4n) is 2.21. The third-order valence-electron chi connectivity index (χ3n) is 3.39. The predicted molar refractivity (Wildman–Crippen MR) is 74.4 cm³/mol. The highest BCUT2D eigenvalue weighted by molar-refractivity contribution is 5.39. The van der Waals surface area contributed by atoms with E-state index in [4.69, 9.17) is 14.9 Å². The quantitative estimate of drug-likeness (QED) is 0.543. The maximum Gasteiger partial charge on any atom is 0.196 e. The molecule has 1 saturated heterocycles. The number of anilines is 1. The van der Waals surface area contributed by atoms with Crippen molar-refractivity contribution in [1.29, 1.82) is 0 Å². The molecule has 20 heavy (non-hydrogen) atoms. The van der Waals surface area contributed by atoms with Crippen molar-refractivity contribution >= 4 is 5.82 Å². The number of hydrogen-bond donors (Lipinski definition) is 2. The van der Waals surface area contributed by atoms with E-state index >= 15 is 0 Å². The molecule has 0 aliphatic carbocycles. The van der Waals surface area contributed by atoms with Gasteiger partial charge < -0.3 is 19.8 Å². The van der Waals surface area contributed by atoms with Crippen LogP contribution in [0.4, 0.5) is 5.82 Å². The van der Waals surface area contributed by atoms with Gasteiger partial charge in [0.1, 0.15) is 17.8 Å². The van der Waals surface area contributed by atoms with Gasteiger partial charge in [0.25, 0.3) is 0 Å². The van der Waals surface area contributed by atoms with E-state index in [1.807, 2.05) is 6.92 Å². The van der Waals surface area contributed by atoms with Gasteiger partial charge in [-0.1, -0.05) is 0 Å². The van der Waals surface area contributed by atoms with Crippen LogP contribution in [0.15, 0.2) is 12.4 Å². The highest BCUT2D eigenvalue weighted by Crippen LogP contribution is 2.16. The Kier molecular flexibility index (Phi) is 5.66. The number of rotatable bonds is 6. The molecule has 0 bridgehead atoms. The van der Waals surface area contributed by atoms with Crippen LogP contribution in [0.1, 0.15) is 18.9 Å². The highest BCUT2D eigenvalue weighted by Gasteiger charge is 2.18. The number of aliphatic hydroxyl groups is 2. The Labute approximate surface area is 118 Å². The highest BCUT2D eigenvalue weighted by atomic mass is 16.5. The van der Waals surface area contributed by atoms with Gasteiger partial charge in [-0.25, -0.2) is 9.97 Å². The van der Waals surface area contributed by atoms with Crippen LogP contribution in [0.5, 0.6) is 0 Å². The van der Waals surface area contributed by atoms with Crippen molar-refractivity contribution in [3.8, 4) is 0 Å². The molecule has 7 nitrogen and oxygen atoms in total. The summed E-state index contributed by atoms with van der Waals surface area (Å²) in [5.41, 5.74) is 0.230. The number of hydrogen-bond acceptors (Lipinski definition) is 7. The molecule has 112 valence electrons. The van der Waals surface area contributed by atoms with E-state index in [9.17, 15) is 0 Å². The van der Waals surface area contributed by atoms with Gasteiger partial charge in [-0.15, -0.1) is 0 Å². The van der Waals surface area contributed by atoms with Gasteiger partial charge in [-0.2, -0.15) is 0 Å². The predicted octanol–water partition coefficient (Wildman–Crippen LogP) is -0.382. The minimum Gasteiger partial charge on any atom is -0.380 e. The van der Waals surface area contributed by atoms with Crippen LogP contribution in [0.25, 0.3) is 0 Å². The van der Waals surface area contributed by atoms with Crippen LogP contribution in [-0.4, -0.2) is 71.0 Å². The lowest BCUT2D eigenvalue weighted by molar-refractivity contribution is -0.0459. The second-order valence-electron chi connectivity index (χ2n) is 4.70. The van der Waals surface area contributed by atoms with Crippen LogP contribution >= 0.6 is 0 Å². The Morgan fingerprint density at radius 1 is 1.25 bits per heavy atom. The maximum atomic E-state index is 9.13. The molecular formula is C13H22N4O3. The molecule has 0 saturated carbocycles. The molecule has 2 rings (SSSR count). The van der Waals surface area contributed by atoms with E-state index in [2.05, 4.69) is 19.8 Å². The lowest BCUT2D eigenvalue weighted by Gasteiger charge is -2.35. The van der Waals surface area contributed by atoms with Gasteiger partial charge in [0.05, 0.1) is 6.61 Å². The molecule has 0 unspecified atom stereocenters. The zero-order valence-corrected chi connectivity index (χ0v) is 11.8. The minimum atomic E-state index is -1.55. The van der Waals surface area contributed by atoms with E-state index in [0.717, 1.165) is 51.8 Å². The van der Waals surface area contributed by atoms with Gasteiger partial charge in [0, 0.05) is 45.4 Å². The Balaban J connectivity index is 1.85. The van der Waals surface area contributed by atoms with Gasteiger partial charge in [-0.05, 0) is 6.92 Å². The number of piperazine rings is 1. The first kappa shape index (κ1) is 15.1. The standard InChI is InChI=1S/C13H22N4O3/c1-2-20-8-7-16-3-5-17(6-4-16)12-9-11(13(18)19)14-10-15-12/h9-10,13,18-19H,2-8H2,1H3. The van der Waals surface area contributed by atoms with Crippen LogP contribution < -0.4 is 4.90 Å². The van der Waals surface area contributed by atoms with E-state index < -0.39 is 6.29 Å². The van der Waals surface area contributed by atoms with Crippen LogP contribution in [0.2, 0.25) is 0 Å². The monoisotopic (exact) mass is 282 g/mol. The maximum absolute atomic E-state index is 9.13. The summed E-state index contributed by atoms with van der Waals surface area (Å²) in [6.45, 7) is 8.11. The molecule has 1 aliphatic heterocycles. The van der Waals surface area contributed by atoms with Crippen LogP contribution in [0, 0.1) is 0 Å². The summed E-state index contributed by atoms with van der Waals surface area (Å²) in [6.07, 6.45) is -0.185. The molecule has 1 aliphatic rings. The smallest absolute Gasteiger partial charge is 0.196 e. The van der Waals surface area contributed by atoms with E-state index in [1.165, 1.54) is 6.33 Å². The first-order valence-corrected chi connectivity index (χ1v) is 6.94. The Hall–Kier alpha value is -1.28. The minimum absolute atomic E-state index is 0.230. The van der Waals surface area contributed by atoms with Crippen molar-refractivity contribution in [3.63, 3.8) is 0 Å². The summed E-state index contributed by atoms with van der Waals surface area (Å²) in [7, 11) is 0. The molecule has 1 fully saturated rings. The van der Waals surface area contributed by atoms with Gasteiger partial charge in [-0.3, -0.25) is 4.90 Å². The average Bonchev–Trinajstić information content (AvgIpc) is 2.48. The molecule has 7 heteroatoms. The van der Waals surface area contributed by atoms with Crippen molar-refractivity contribution in [1.82, 2.24) is 14.9 Å². The number of aromatic nitrogens is 2. The fourth-order valence-corrected chi connectivity index (χ4v) is 2.21. The van der Waals surface area contributed by atoms with Crippen LogP contribution in [0.3, 0.4) is 0 Å². The number of nitrogens with zero attached hydrogens (tertiary/aromatic N) is 4. The molecule has 0 spiro atoms. The Bertz CT molecular complexity index is 408. The largest absolute Gasteiger partial charge is 0.380 e. The third-order valence-corrected chi connectivity index (χ3v) is 3.39. The SMILES string of the molecule is CCOCCN1CCN(c2cc(C(O)O)ncn2)CC1. The number of ether oxygens (including phenoxy) is 1. The van der Waals surface area contributed by atoms with Gasteiger partial charge in [0.15, 0.2) is 6.29 Å². The molecule has 1 aromatic heterocycles. The van der Waals surface area contributed by atoms with Gasteiger partial charge >= 0.3 is 0 Å². The molecule has 0 aromatic carbocycles. The zero-order valence-electron chi connectivity index (χ0n) is 11.8.